The molecule has 0 aliphatic carbocycles. The van der Waals surface area contributed by atoms with E-state index in [-0.39, 0.29) is 0 Å². The maximum atomic E-state index is 3.34. The van der Waals surface area contributed by atoms with Crippen molar-refractivity contribution in [1.29, 1.82) is 0 Å². The fraction of sp³-hybridized carbons (Fsp3) is 0.200. The highest BCUT2D eigenvalue weighted by atomic mass is 13.5. The maximum Gasteiger partial charge on any atom is -0.0265 e. The second-order valence-corrected chi connectivity index (χ2v) is 0.704. The Balaban J connectivity index is 2.92. The van der Waals surface area contributed by atoms with Crippen LogP contribution in [0.3, 0.4) is 0 Å². The van der Waals surface area contributed by atoms with Gasteiger partial charge in [0.15, 0.2) is 0 Å². The molecule has 0 aromatic carbocycles. The van der Waals surface area contributed by atoms with Gasteiger partial charge in [0.1, 0.15) is 0 Å². The molecule has 0 rings (SSSR count). The first-order chi connectivity index (χ1) is 2.41. The lowest BCUT2D eigenvalue weighted by Crippen LogP contribution is -1.35. The molecule has 0 N–H and O–H groups in total. The molecule has 5 heavy (non-hydrogen) atoms. The highest BCUT2D eigenvalue weighted by molar-refractivity contribution is 4.86. The minimum atomic E-state index is 1.76. The minimum absolute atomic E-state index is 1.76. The van der Waals surface area contributed by atoms with Crippen molar-refractivity contribution in [2.24, 2.45) is 0 Å². The van der Waals surface area contributed by atoms with E-state index in [2.05, 4.69) is 12.7 Å². The van der Waals surface area contributed by atoms with Crippen LogP contribution < -0.4 is 0 Å². The van der Waals surface area contributed by atoms with Crippen LogP contribution in [0.2, 0.25) is 0 Å². The first-order valence-corrected chi connectivity index (χ1v) is 1.55. The lowest BCUT2D eigenvalue weighted by atomic mass is 10.5. The molecule has 0 amide bonds. The topological polar surface area (TPSA) is 0 Å². The molecule has 27 valence electrons. The van der Waals surface area contributed by atoms with Crippen LogP contribution in [-0.4, -0.2) is 0 Å². The van der Waals surface area contributed by atoms with Crippen molar-refractivity contribution in [2.45, 2.75) is 6.92 Å². The summed E-state index contributed by atoms with van der Waals surface area (Å²) in [5.41, 5.74) is 0. The molecule has 0 atom stereocenters. The largest absolute Gasteiger partial charge is 0.0912 e. The van der Waals surface area contributed by atoms with Gasteiger partial charge in [-0.3, -0.25) is 0 Å². The molecular formula is C5H7. The first kappa shape index (κ1) is 4.48. The third-order valence-electron chi connectivity index (χ3n) is 0.285. The van der Waals surface area contributed by atoms with E-state index in [0.29, 0.717) is 0 Å². The van der Waals surface area contributed by atoms with Crippen LogP contribution in [0.25, 0.3) is 0 Å². The van der Waals surface area contributed by atoms with Gasteiger partial charge in [-0.2, -0.15) is 0 Å². The summed E-state index contributed by atoms with van der Waals surface area (Å²) in [6, 6.07) is 0. The van der Waals surface area contributed by atoms with E-state index in [1.807, 2.05) is 13.0 Å². The van der Waals surface area contributed by atoms with Crippen molar-refractivity contribution in [2.75, 3.05) is 0 Å². The second kappa shape index (κ2) is 3.48. The van der Waals surface area contributed by atoms with Crippen molar-refractivity contribution >= 4 is 0 Å². The Kier molecular flexibility index (Phi) is 3.12. The molecule has 0 aliphatic rings. The summed E-state index contributed by atoms with van der Waals surface area (Å²) in [4.78, 5) is 0. The molecule has 0 aromatic heterocycles. The monoisotopic (exact) mass is 67.1 g/mol. The summed E-state index contributed by atoms with van der Waals surface area (Å²) in [7, 11) is 0. The summed E-state index contributed by atoms with van der Waals surface area (Å²) >= 11 is 0. The highest BCUT2D eigenvalue weighted by Gasteiger charge is 1.43. The molecule has 0 saturated heterocycles. The SMILES string of the molecule is C=[C]C=CC. The zero-order chi connectivity index (χ0) is 4.12. The summed E-state index contributed by atoms with van der Waals surface area (Å²) in [6.45, 7) is 5.27. The normalized spacial score (nSPS) is 9.00. The van der Waals surface area contributed by atoms with Gasteiger partial charge in [0, 0.05) is 0 Å². The summed E-state index contributed by atoms with van der Waals surface area (Å²) in [6.07, 6.45) is 6.23. The highest BCUT2D eigenvalue weighted by Crippen LogP contribution is 1.62. The molecule has 0 aliphatic heterocycles. The van der Waals surface area contributed by atoms with Crippen LogP contribution in [0.1, 0.15) is 6.92 Å². The van der Waals surface area contributed by atoms with Crippen molar-refractivity contribution < 1.29 is 0 Å². The quantitative estimate of drug-likeness (QED) is 0.408. The Morgan fingerprint density at radius 3 is 2.40 bits per heavy atom. The zero-order valence-corrected chi connectivity index (χ0v) is 3.36. The van der Waals surface area contributed by atoms with Crippen molar-refractivity contribution in [3.05, 3.63) is 24.8 Å². The van der Waals surface area contributed by atoms with Gasteiger partial charge in [0.25, 0.3) is 0 Å². The Bertz CT molecular complexity index is 42.0. The molecule has 0 aromatic rings. The molecule has 0 heterocycles. The Morgan fingerprint density at radius 2 is 2.40 bits per heavy atom. The van der Waals surface area contributed by atoms with E-state index in [4.69, 9.17) is 0 Å². The average molecular weight is 67.1 g/mol. The van der Waals surface area contributed by atoms with Crippen LogP contribution in [0.5, 0.6) is 0 Å². The van der Waals surface area contributed by atoms with E-state index < -0.39 is 0 Å². The van der Waals surface area contributed by atoms with Gasteiger partial charge in [-0.05, 0) is 13.0 Å². The van der Waals surface area contributed by atoms with Crippen LogP contribution in [-0.2, 0) is 0 Å². The number of rotatable bonds is 1. The molecule has 0 bridgehead atoms. The van der Waals surface area contributed by atoms with Gasteiger partial charge in [-0.25, -0.2) is 0 Å². The van der Waals surface area contributed by atoms with Crippen molar-refractivity contribution in [3.8, 4) is 0 Å². The number of hydrogen-bond acceptors (Lipinski definition) is 0. The molecule has 0 fully saturated rings. The maximum absolute atomic E-state index is 3.34. The van der Waals surface area contributed by atoms with E-state index >= 15 is 0 Å². The third-order valence-corrected chi connectivity index (χ3v) is 0.285. The van der Waals surface area contributed by atoms with Crippen molar-refractivity contribution in [3.63, 3.8) is 0 Å². The second-order valence-electron chi connectivity index (χ2n) is 0.704. The predicted molar refractivity (Wildman–Crippen MR) is 23.7 cm³/mol. The van der Waals surface area contributed by atoms with Gasteiger partial charge >= 0.3 is 0 Å². The Morgan fingerprint density at radius 1 is 1.80 bits per heavy atom. The standard InChI is InChI=1S/C5H7/c1-3-5-4-2/h4-5H,1H2,2H3. The van der Waals surface area contributed by atoms with Gasteiger partial charge in [-0.1, -0.05) is 18.7 Å². The van der Waals surface area contributed by atoms with E-state index in [9.17, 15) is 0 Å². The molecule has 0 heteroatoms. The Hall–Kier alpha value is -0.520. The lowest BCUT2D eigenvalue weighted by molar-refractivity contribution is 1.72. The van der Waals surface area contributed by atoms with Gasteiger partial charge in [0.05, 0.1) is 0 Å². The summed E-state index contributed by atoms with van der Waals surface area (Å²) < 4.78 is 0. The third kappa shape index (κ3) is 3.48. The molecule has 0 unspecified atom stereocenters. The number of allylic oxidation sites excluding steroid dienone is 3. The fourth-order valence-corrected chi connectivity index (χ4v) is 0.118. The van der Waals surface area contributed by atoms with Crippen LogP contribution in [0.4, 0.5) is 0 Å². The van der Waals surface area contributed by atoms with E-state index in [1.54, 1.807) is 6.08 Å². The average Bonchev–Trinajstić information content (AvgIpc) is 1.41. The molecule has 0 spiro atoms. The minimum Gasteiger partial charge on any atom is -0.0912 e. The first-order valence-electron chi connectivity index (χ1n) is 1.55. The number of hydrogen-bond donors (Lipinski definition) is 0. The van der Waals surface area contributed by atoms with Crippen LogP contribution in [0.15, 0.2) is 18.7 Å². The predicted octanol–water partition coefficient (Wildman–Crippen LogP) is 1.55. The van der Waals surface area contributed by atoms with Crippen molar-refractivity contribution in [1.82, 2.24) is 0 Å². The smallest absolute Gasteiger partial charge is 0.0265 e. The molecular weight excluding hydrogens is 60.1 g/mol. The Labute approximate surface area is 32.8 Å². The van der Waals surface area contributed by atoms with Crippen LogP contribution in [0, 0.1) is 6.08 Å². The van der Waals surface area contributed by atoms with Gasteiger partial charge < -0.3 is 0 Å². The zero-order valence-electron chi connectivity index (χ0n) is 3.36. The molecule has 0 nitrogen and oxygen atoms in total. The van der Waals surface area contributed by atoms with E-state index in [0.717, 1.165) is 0 Å². The summed E-state index contributed by atoms with van der Waals surface area (Å²) in [5, 5.41) is 0. The fourth-order valence-electron chi connectivity index (χ4n) is 0.118. The molecule has 0 saturated carbocycles. The lowest BCUT2D eigenvalue weighted by Gasteiger charge is -1.54. The van der Waals surface area contributed by atoms with Gasteiger partial charge in [0.2, 0.25) is 0 Å². The van der Waals surface area contributed by atoms with E-state index in [1.165, 1.54) is 0 Å². The molecule has 1 radical (unpaired) electrons. The van der Waals surface area contributed by atoms with Crippen LogP contribution >= 0.6 is 0 Å². The summed E-state index contributed by atoms with van der Waals surface area (Å²) in [5.74, 6) is 0. The van der Waals surface area contributed by atoms with Gasteiger partial charge in [-0.15, -0.1) is 0 Å².